The Kier molecular flexibility index (Phi) is 7.35. The molecular formula is C15H22N2O3. The Balaban J connectivity index is 2.13. The van der Waals surface area contributed by atoms with Crippen LogP contribution in [0.5, 0.6) is 0 Å². The maximum atomic E-state index is 11.7. The van der Waals surface area contributed by atoms with Crippen molar-refractivity contribution in [3.8, 4) is 0 Å². The Labute approximate surface area is 119 Å². The molecule has 0 radical (unpaired) electrons. The van der Waals surface area contributed by atoms with Gasteiger partial charge in [0.25, 0.3) is 0 Å². The van der Waals surface area contributed by atoms with Crippen LogP contribution in [0.3, 0.4) is 0 Å². The number of carboxylic acid groups (broad SMARTS) is 1. The molecule has 0 aromatic heterocycles. The quantitative estimate of drug-likeness (QED) is 0.601. The lowest BCUT2D eigenvalue weighted by atomic mass is 10.0. The highest BCUT2D eigenvalue weighted by Crippen LogP contribution is 2.12. The van der Waals surface area contributed by atoms with Gasteiger partial charge in [0.15, 0.2) is 0 Å². The van der Waals surface area contributed by atoms with Crippen LogP contribution in [0.2, 0.25) is 0 Å². The standard InChI is InChI=1S/C15H22N2O3/c16-13(12-7-3-1-4-8-12)11-14(18)17-10-6-2-5-9-15(19)20/h1,3-4,7-8,13H,2,5-6,9-11,16H2,(H,17,18)(H,19,20). The smallest absolute Gasteiger partial charge is 0.303 e. The molecule has 5 nitrogen and oxygen atoms in total. The molecule has 5 heteroatoms. The van der Waals surface area contributed by atoms with E-state index in [1.165, 1.54) is 0 Å². The Hall–Kier alpha value is -1.88. The molecule has 0 aliphatic rings. The van der Waals surface area contributed by atoms with E-state index in [0.29, 0.717) is 13.0 Å². The molecule has 110 valence electrons. The van der Waals surface area contributed by atoms with E-state index in [-0.39, 0.29) is 24.8 Å². The van der Waals surface area contributed by atoms with Gasteiger partial charge in [0.1, 0.15) is 0 Å². The first-order valence-corrected chi connectivity index (χ1v) is 6.88. The van der Waals surface area contributed by atoms with Gasteiger partial charge in [-0.15, -0.1) is 0 Å². The molecule has 1 atom stereocenters. The number of aliphatic carboxylic acids is 1. The van der Waals surface area contributed by atoms with E-state index in [9.17, 15) is 9.59 Å². The molecule has 0 aliphatic heterocycles. The van der Waals surface area contributed by atoms with E-state index in [1.807, 2.05) is 30.3 Å². The summed E-state index contributed by atoms with van der Waals surface area (Å²) in [5.74, 6) is -0.845. The van der Waals surface area contributed by atoms with Gasteiger partial charge in [-0.3, -0.25) is 9.59 Å². The number of rotatable bonds is 9. The van der Waals surface area contributed by atoms with Gasteiger partial charge in [-0.05, 0) is 18.4 Å². The third-order valence-corrected chi connectivity index (χ3v) is 3.02. The number of nitrogens with two attached hydrogens (primary N) is 1. The Bertz CT molecular complexity index is 420. The molecule has 1 rings (SSSR count). The fraction of sp³-hybridized carbons (Fsp3) is 0.467. The largest absolute Gasteiger partial charge is 0.481 e. The molecular weight excluding hydrogens is 256 g/mol. The van der Waals surface area contributed by atoms with E-state index < -0.39 is 5.97 Å². The zero-order valence-corrected chi connectivity index (χ0v) is 11.5. The van der Waals surface area contributed by atoms with Crippen LogP contribution in [-0.2, 0) is 9.59 Å². The van der Waals surface area contributed by atoms with Crippen LogP contribution >= 0.6 is 0 Å². The monoisotopic (exact) mass is 278 g/mol. The fourth-order valence-corrected chi connectivity index (χ4v) is 1.90. The summed E-state index contributed by atoms with van der Waals surface area (Å²) in [5, 5.41) is 11.3. The second-order valence-corrected chi connectivity index (χ2v) is 4.78. The number of hydrogen-bond acceptors (Lipinski definition) is 3. The first kappa shape index (κ1) is 16.2. The Morgan fingerprint density at radius 3 is 2.50 bits per heavy atom. The van der Waals surface area contributed by atoms with Gasteiger partial charge in [-0.25, -0.2) is 0 Å². The number of carboxylic acids is 1. The molecule has 1 unspecified atom stereocenters. The highest BCUT2D eigenvalue weighted by molar-refractivity contribution is 5.76. The van der Waals surface area contributed by atoms with Crippen molar-refractivity contribution >= 4 is 11.9 Å². The number of carbonyl (C=O) groups excluding carboxylic acids is 1. The van der Waals surface area contributed by atoms with Gasteiger partial charge in [0.05, 0.1) is 0 Å². The number of amides is 1. The molecule has 0 fully saturated rings. The van der Waals surface area contributed by atoms with Gasteiger partial charge in [-0.1, -0.05) is 36.8 Å². The second-order valence-electron chi connectivity index (χ2n) is 4.78. The molecule has 1 aromatic carbocycles. The number of nitrogens with one attached hydrogen (secondary N) is 1. The topological polar surface area (TPSA) is 92.4 Å². The Morgan fingerprint density at radius 2 is 1.85 bits per heavy atom. The predicted octanol–water partition coefficient (Wildman–Crippen LogP) is 1.84. The van der Waals surface area contributed by atoms with Crippen LogP contribution in [0.1, 0.15) is 43.7 Å². The van der Waals surface area contributed by atoms with Crippen molar-refractivity contribution in [1.29, 1.82) is 0 Å². The molecule has 4 N–H and O–H groups in total. The molecule has 0 spiro atoms. The maximum absolute atomic E-state index is 11.7. The lowest BCUT2D eigenvalue weighted by molar-refractivity contribution is -0.137. The van der Waals surface area contributed by atoms with Gasteiger partial charge in [-0.2, -0.15) is 0 Å². The number of carbonyl (C=O) groups is 2. The van der Waals surface area contributed by atoms with Crippen molar-refractivity contribution in [2.75, 3.05) is 6.54 Å². The minimum absolute atomic E-state index is 0.0698. The third kappa shape index (κ3) is 6.89. The predicted molar refractivity (Wildman–Crippen MR) is 77.1 cm³/mol. The molecule has 0 heterocycles. The van der Waals surface area contributed by atoms with Gasteiger partial charge < -0.3 is 16.2 Å². The van der Waals surface area contributed by atoms with Crippen molar-refractivity contribution in [3.05, 3.63) is 35.9 Å². The summed E-state index contributed by atoms with van der Waals surface area (Å²) in [4.78, 5) is 22.0. The molecule has 0 aliphatic carbocycles. The highest BCUT2D eigenvalue weighted by atomic mass is 16.4. The molecule has 0 bridgehead atoms. The van der Waals surface area contributed by atoms with Gasteiger partial charge in [0.2, 0.25) is 5.91 Å². The zero-order chi connectivity index (χ0) is 14.8. The first-order valence-electron chi connectivity index (χ1n) is 6.88. The van der Waals surface area contributed by atoms with Gasteiger partial charge >= 0.3 is 5.97 Å². The number of benzene rings is 1. The van der Waals surface area contributed by atoms with E-state index in [2.05, 4.69) is 5.32 Å². The summed E-state index contributed by atoms with van der Waals surface area (Å²) >= 11 is 0. The van der Waals surface area contributed by atoms with Crippen LogP contribution in [0.15, 0.2) is 30.3 Å². The zero-order valence-electron chi connectivity index (χ0n) is 11.5. The average Bonchev–Trinajstić information content (AvgIpc) is 2.43. The van der Waals surface area contributed by atoms with Gasteiger partial charge in [0, 0.05) is 25.4 Å². The van der Waals surface area contributed by atoms with Crippen molar-refractivity contribution in [2.45, 2.75) is 38.1 Å². The molecule has 1 aromatic rings. The second kappa shape index (κ2) is 9.09. The van der Waals surface area contributed by atoms with Crippen molar-refractivity contribution < 1.29 is 14.7 Å². The highest BCUT2D eigenvalue weighted by Gasteiger charge is 2.10. The van der Waals surface area contributed by atoms with Crippen LogP contribution in [0.4, 0.5) is 0 Å². The average molecular weight is 278 g/mol. The Morgan fingerprint density at radius 1 is 1.15 bits per heavy atom. The summed E-state index contributed by atoms with van der Waals surface area (Å²) in [5.41, 5.74) is 6.90. The number of hydrogen-bond donors (Lipinski definition) is 3. The fourth-order valence-electron chi connectivity index (χ4n) is 1.90. The normalized spacial score (nSPS) is 11.8. The molecule has 0 saturated carbocycles. The van der Waals surface area contributed by atoms with Crippen LogP contribution < -0.4 is 11.1 Å². The lowest BCUT2D eigenvalue weighted by Gasteiger charge is -2.12. The summed E-state index contributed by atoms with van der Waals surface area (Å²) in [6.45, 7) is 0.569. The van der Waals surface area contributed by atoms with E-state index in [1.54, 1.807) is 0 Å². The summed E-state index contributed by atoms with van der Waals surface area (Å²) < 4.78 is 0. The van der Waals surface area contributed by atoms with E-state index in [4.69, 9.17) is 10.8 Å². The van der Waals surface area contributed by atoms with E-state index >= 15 is 0 Å². The third-order valence-electron chi connectivity index (χ3n) is 3.02. The molecule has 0 saturated heterocycles. The number of unbranched alkanes of at least 4 members (excludes halogenated alkanes) is 2. The molecule has 1 amide bonds. The summed E-state index contributed by atoms with van der Waals surface area (Å²) in [7, 11) is 0. The lowest BCUT2D eigenvalue weighted by Crippen LogP contribution is -2.28. The van der Waals surface area contributed by atoms with Crippen LogP contribution in [0.25, 0.3) is 0 Å². The minimum atomic E-state index is -0.775. The maximum Gasteiger partial charge on any atom is 0.303 e. The van der Waals surface area contributed by atoms with Crippen molar-refractivity contribution in [2.24, 2.45) is 5.73 Å². The minimum Gasteiger partial charge on any atom is -0.481 e. The van der Waals surface area contributed by atoms with E-state index in [0.717, 1.165) is 18.4 Å². The summed E-state index contributed by atoms with van der Waals surface area (Å²) in [6.07, 6.45) is 2.69. The van der Waals surface area contributed by atoms with Crippen LogP contribution in [0, 0.1) is 0 Å². The van der Waals surface area contributed by atoms with Crippen LogP contribution in [-0.4, -0.2) is 23.5 Å². The van der Waals surface area contributed by atoms with Crippen molar-refractivity contribution in [3.63, 3.8) is 0 Å². The first-order chi connectivity index (χ1) is 9.59. The SMILES string of the molecule is NC(CC(=O)NCCCCCC(=O)O)c1ccccc1. The summed E-state index contributed by atoms with van der Waals surface area (Å²) in [6, 6.07) is 9.23. The molecule has 20 heavy (non-hydrogen) atoms. The van der Waals surface area contributed by atoms with Crippen molar-refractivity contribution in [1.82, 2.24) is 5.32 Å².